The summed E-state index contributed by atoms with van der Waals surface area (Å²) in [7, 11) is 0. The summed E-state index contributed by atoms with van der Waals surface area (Å²) in [6, 6.07) is 7.40. The van der Waals surface area contributed by atoms with Crippen molar-refractivity contribution in [3.63, 3.8) is 0 Å². The second kappa shape index (κ2) is 4.96. The van der Waals surface area contributed by atoms with E-state index < -0.39 is 29.5 Å². The largest absolute Gasteiger partial charge is 0.481 e. The van der Waals surface area contributed by atoms with Crippen LogP contribution in [-0.4, -0.2) is 40.2 Å². The number of carbonyl (C=O) groups excluding carboxylic acids is 1. The molecule has 4 rings (SSSR count). The Balaban J connectivity index is 1.70. The molecule has 4 atom stereocenters. The van der Waals surface area contributed by atoms with Gasteiger partial charge >= 0.3 is 5.97 Å². The predicted octanol–water partition coefficient (Wildman–Crippen LogP) is 1.90. The van der Waals surface area contributed by atoms with E-state index in [9.17, 15) is 14.7 Å². The minimum atomic E-state index is -0.946. The van der Waals surface area contributed by atoms with Crippen LogP contribution in [0.1, 0.15) is 5.56 Å². The first-order valence-electron chi connectivity index (χ1n) is 7.39. The van der Waals surface area contributed by atoms with Crippen LogP contribution in [0.15, 0.2) is 42.1 Å². The molecule has 0 saturated carbocycles. The number of rotatable bonds is 3. The van der Waals surface area contributed by atoms with Gasteiger partial charge in [0.05, 0.1) is 24.5 Å². The molecule has 3 heterocycles. The molecule has 4 unspecified atom stereocenters. The van der Waals surface area contributed by atoms with E-state index in [2.05, 4.69) is 0 Å². The van der Waals surface area contributed by atoms with Crippen molar-refractivity contribution >= 4 is 23.5 Å². The van der Waals surface area contributed by atoms with E-state index >= 15 is 0 Å². The Morgan fingerprint density at radius 3 is 2.96 bits per heavy atom. The van der Waals surface area contributed by atoms with Gasteiger partial charge in [-0.15, -0.1) is 0 Å². The first-order chi connectivity index (χ1) is 11.1. The van der Waals surface area contributed by atoms with Crippen LogP contribution in [0, 0.1) is 11.8 Å². The lowest BCUT2D eigenvalue weighted by Gasteiger charge is -2.23. The van der Waals surface area contributed by atoms with Crippen LogP contribution in [-0.2, 0) is 20.9 Å². The lowest BCUT2D eigenvalue weighted by Crippen LogP contribution is -2.36. The van der Waals surface area contributed by atoms with Gasteiger partial charge in [0, 0.05) is 11.6 Å². The van der Waals surface area contributed by atoms with Crippen LogP contribution in [0.2, 0.25) is 5.02 Å². The number of carboxylic acid groups (broad SMARTS) is 1. The highest BCUT2D eigenvalue weighted by Gasteiger charge is 2.65. The van der Waals surface area contributed by atoms with Crippen molar-refractivity contribution in [1.82, 2.24) is 4.90 Å². The summed E-state index contributed by atoms with van der Waals surface area (Å²) < 4.78 is 5.92. The minimum absolute atomic E-state index is 0.365. The fourth-order valence-electron chi connectivity index (χ4n) is 4.01. The second-order valence-electron chi connectivity index (χ2n) is 6.17. The molecule has 2 fully saturated rings. The van der Waals surface area contributed by atoms with E-state index in [1.54, 1.807) is 12.1 Å². The number of ether oxygens (including phenoxy) is 1. The maximum Gasteiger partial charge on any atom is 0.310 e. The van der Waals surface area contributed by atoms with Gasteiger partial charge in [-0.3, -0.25) is 4.79 Å². The predicted molar refractivity (Wildman–Crippen MR) is 82.4 cm³/mol. The summed E-state index contributed by atoms with van der Waals surface area (Å²) in [5.74, 6) is -0.217. The molecule has 23 heavy (non-hydrogen) atoms. The number of fused-ring (bicyclic) bond motifs is 1. The fraction of sp³-hybridized carbons (Fsp3) is 0.353. The second-order valence-corrected chi connectivity index (χ2v) is 6.58. The van der Waals surface area contributed by atoms with Gasteiger partial charge in [-0.25, -0.2) is 4.79 Å². The highest BCUT2D eigenvalue weighted by molar-refractivity contribution is 6.31. The Hall–Kier alpha value is -2.07. The maximum atomic E-state index is 11.6. The maximum absolute atomic E-state index is 11.6. The first kappa shape index (κ1) is 14.5. The minimum Gasteiger partial charge on any atom is -0.481 e. The molecule has 2 bridgehead atoms. The summed E-state index contributed by atoms with van der Waals surface area (Å²) in [6.45, 7) is 0.862. The van der Waals surface area contributed by atoms with Gasteiger partial charge < -0.3 is 14.7 Å². The van der Waals surface area contributed by atoms with E-state index in [0.717, 1.165) is 5.56 Å². The molecule has 3 aliphatic rings. The molecule has 1 aromatic rings. The van der Waals surface area contributed by atoms with Gasteiger partial charge in [-0.1, -0.05) is 42.0 Å². The molecule has 5 nitrogen and oxygen atoms in total. The first-order valence-corrected chi connectivity index (χ1v) is 7.77. The quantitative estimate of drug-likeness (QED) is 0.677. The number of carboxylic acids is 1. The zero-order chi connectivity index (χ0) is 16.2. The Morgan fingerprint density at radius 1 is 1.48 bits per heavy atom. The third kappa shape index (κ3) is 1.98. The number of hydrogen-bond donors (Lipinski definition) is 1. The van der Waals surface area contributed by atoms with E-state index in [1.165, 1.54) is 0 Å². The van der Waals surface area contributed by atoms with E-state index in [-0.39, 0.29) is 0 Å². The van der Waals surface area contributed by atoms with Crippen molar-refractivity contribution in [3.8, 4) is 0 Å². The monoisotopic (exact) mass is 331 g/mol. The zero-order valence-electron chi connectivity index (χ0n) is 12.1. The Bertz CT molecular complexity index is 770. The van der Waals surface area contributed by atoms with Crippen LogP contribution in [0.25, 0.3) is 0 Å². The average Bonchev–Trinajstić information content (AvgIpc) is 3.14. The van der Waals surface area contributed by atoms with Crippen molar-refractivity contribution in [2.24, 2.45) is 11.8 Å². The van der Waals surface area contributed by atoms with Gasteiger partial charge in [0.1, 0.15) is 17.2 Å². The van der Waals surface area contributed by atoms with Gasteiger partial charge in [-0.05, 0) is 11.6 Å². The van der Waals surface area contributed by atoms with E-state index in [1.807, 2.05) is 35.1 Å². The van der Waals surface area contributed by atoms with Crippen LogP contribution >= 0.6 is 11.6 Å². The van der Waals surface area contributed by atoms with Gasteiger partial charge in [0.25, 0.3) is 0 Å². The van der Waals surface area contributed by atoms with Crippen molar-refractivity contribution in [2.45, 2.75) is 18.2 Å². The number of nitrogens with zero attached hydrogens (tertiary/aromatic N) is 1. The number of likely N-dealkylation sites (tertiary alicyclic amines) is 1. The topological polar surface area (TPSA) is 66.8 Å². The average molecular weight is 332 g/mol. The highest BCUT2D eigenvalue weighted by Crippen LogP contribution is 2.55. The van der Waals surface area contributed by atoms with Crippen LogP contribution in [0.3, 0.4) is 0 Å². The summed E-state index contributed by atoms with van der Waals surface area (Å²) in [5.41, 5.74) is 0.509. The molecule has 0 aliphatic carbocycles. The van der Waals surface area contributed by atoms with E-state index in [0.29, 0.717) is 23.8 Å². The van der Waals surface area contributed by atoms with Gasteiger partial charge in [0.15, 0.2) is 0 Å². The number of aliphatic carboxylic acids is 1. The number of hydrogen-bond acceptors (Lipinski definition) is 4. The normalized spacial score (nSPS) is 33.9. The molecule has 2 saturated heterocycles. The molecular weight excluding hydrogens is 318 g/mol. The van der Waals surface area contributed by atoms with Crippen molar-refractivity contribution in [1.29, 1.82) is 0 Å². The third-order valence-corrected chi connectivity index (χ3v) is 5.31. The molecular formula is C17H14ClNO4. The van der Waals surface area contributed by atoms with E-state index in [4.69, 9.17) is 16.3 Å². The van der Waals surface area contributed by atoms with Crippen LogP contribution in [0.4, 0.5) is 0 Å². The van der Waals surface area contributed by atoms with Crippen molar-refractivity contribution in [2.75, 3.05) is 6.54 Å². The number of benzene rings is 1. The molecule has 1 aromatic carbocycles. The highest BCUT2D eigenvalue weighted by atomic mass is 35.5. The number of halogens is 1. The third-order valence-electron chi connectivity index (χ3n) is 4.95. The van der Waals surface area contributed by atoms with Gasteiger partial charge in [-0.2, -0.15) is 0 Å². The standard InChI is InChI=1S/C17H14ClNO4/c18-11-4-2-1-3-10(11)7-19-9-17-6-5-13(23-17)14(16(21)22)15(17)12(19)8-20/h1-6,13-15H,7,9H2,(H,21,22). The summed E-state index contributed by atoms with van der Waals surface area (Å²) in [4.78, 5) is 25.0. The van der Waals surface area contributed by atoms with Crippen LogP contribution in [0.5, 0.6) is 0 Å². The summed E-state index contributed by atoms with van der Waals surface area (Å²) >= 11 is 6.20. The van der Waals surface area contributed by atoms with Crippen LogP contribution < -0.4 is 0 Å². The summed E-state index contributed by atoms with van der Waals surface area (Å²) in [5, 5.41) is 10.1. The SMILES string of the molecule is O=C=C1C2C(C(=O)O)C3C=CC2(CN1Cc1ccccc1Cl)O3. The molecule has 118 valence electrons. The van der Waals surface area contributed by atoms with Gasteiger partial charge in [0.2, 0.25) is 0 Å². The molecule has 3 aliphatic heterocycles. The molecule has 0 radical (unpaired) electrons. The molecule has 1 spiro atoms. The Morgan fingerprint density at radius 2 is 2.26 bits per heavy atom. The fourth-order valence-corrected chi connectivity index (χ4v) is 4.20. The lowest BCUT2D eigenvalue weighted by molar-refractivity contribution is -0.143. The molecule has 0 aromatic heterocycles. The molecule has 1 N–H and O–H groups in total. The zero-order valence-corrected chi connectivity index (χ0v) is 12.9. The number of carbonyl (C=O) groups is 1. The van der Waals surface area contributed by atoms with Crippen molar-refractivity contribution < 1.29 is 19.4 Å². The smallest absolute Gasteiger partial charge is 0.310 e. The Kier molecular flexibility index (Phi) is 3.13. The summed E-state index contributed by atoms with van der Waals surface area (Å²) in [6.07, 6.45) is 3.21. The van der Waals surface area contributed by atoms with Crippen molar-refractivity contribution in [3.05, 3.63) is 52.7 Å². The molecule has 0 amide bonds. The Labute approximate surface area is 137 Å². The lowest BCUT2D eigenvalue weighted by atomic mass is 9.76. The molecule has 6 heteroatoms.